The van der Waals surface area contributed by atoms with Crippen molar-refractivity contribution in [2.24, 2.45) is 0 Å². The molecule has 0 saturated carbocycles. The van der Waals surface area contributed by atoms with Gasteiger partial charge in [0.05, 0.1) is 32.3 Å². The molecular weight excluding hydrogens is 418 g/mol. The average Bonchev–Trinajstić information content (AvgIpc) is 2.83. The Morgan fingerprint density at radius 3 is 2.48 bits per heavy atom. The van der Waals surface area contributed by atoms with Gasteiger partial charge in [0.2, 0.25) is 0 Å². The lowest BCUT2D eigenvalue weighted by Gasteiger charge is -2.37. The molecule has 0 saturated heterocycles. The summed E-state index contributed by atoms with van der Waals surface area (Å²) in [5, 5.41) is 3.37. The Morgan fingerprint density at radius 1 is 1.06 bits per heavy atom. The summed E-state index contributed by atoms with van der Waals surface area (Å²) >= 11 is 0. The molecule has 1 N–H and O–H groups in total. The van der Waals surface area contributed by atoms with Crippen LogP contribution in [0.2, 0.25) is 0 Å². The van der Waals surface area contributed by atoms with Gasteiger partial charge in [0.1, 0.15) is 11.5 Å². The number of Topliss-reactive ketones (excluding diaryl/α,β-unsaturated/α-hetero) is 1. The highest BCUT2D eigenvalue weighted by Crippen LogP contribution is 2.48. The highest BCUT2D eigenvalue weighted by molar-refractivity contribution is 6.04. The van der Waals surface area contributed by atoms with Gasteiger partial charge in [0, 0.05) is 29.0 Å². The summed E-state index contributed by atoms with van der Waals surface area (Å²) in [5.41, 5.74) is 4.40. The Kier molecular flexibility index (Phi) is 6.54. The molecule has 2 unspecified atom stereocenters. The number of hydrogen-bond acceptors (Lipinski definition) is 6. The van der Waals surface area contributed by atoms with Gasteiger partial charge in [-0.3, -0.25) is 4.79 Å². The van der Waals surface area contributed by atoms with E-state index in [1.807, 2.05) is 31.2 Å². The van der Waals surface area contributed by atoms with Crippen molar-refractivity contribution in [3.63, 3.8) is 0 Å². The van der Waals surface area contributed by atoms with Crippen LogP contribution in [-0.2, 0) is 14.3 Å². The Balaban J connectivity index is 1.87. The van der Waals surface area contributed by atoms with Crippen LogP contribution in [0.3, 0.4) is 0 Å². The average molecular weight is 448 g/mol. The van der Waals surface area contributed by atoms with Gasteiger partial charge in [-0.15, -0.1) is 0 Å². The Bertz CT molecular complexity index is 1130. The zero-order chi connectivity index (χ0) is 23.5. The molecule has 1 heterocycles. The van der Waals surface area contributed by atoms with E-state index in [9.17, 15) is 9.59 Å². The van der Waals surface area contributed by atoms with Crippen molar-refractivity contribution in [1.82, 2.24) is 5.32 Å². The van der Waals surface area contributed by atoms with Crippen LogP contribution in [0.25, 0.3) is 0 Å². The van der Waals surface area contributed by atoms with Gasteiger partial charge in [0.15, 0.2) is 5.78 Å². The van der Waals surface area contributed by atoms with Crippen molar-refractivity contribution in [1.29, 1.82) is 0 Å². The van der Waals surface area contributed by atoms with Crippen molar-refractivity contribution < 1.29 is 23.8 Å². The molecule has 2 atom stereocenters. The molecule has 0 fully saturated rings. The van der Waals surface area contributed by atoms with Crippen LogP contribution in [0.15, 0.2) is 71.1 Å². The molecule has 4 rings (SSSR count). The molecule has 6 nitrogen and oxygen atoms in total. The number of hydrogen-bond donors (Lipinski definition) is 1. The van der Waals surface area contributed by atoms with E-state index < -0.39 is 11.9 Å². The van der Waals surface area contributed by atoms with Gasteiger partial charge in [-0.05, 0) is 49.9 Å². The smallest absolute Gasteiger partial charge is 0.336 e. The third-order valence-corrected chi connectivity index (χ3v) is 6.34. The third-order valence-electron chi connectivity index (χ3n) is 6.34. The van der Waals surface area contributed by atoms with E-state index >= 15 is 0 Å². The van der Waals surface area contributed by atoms with Crippen LogP contribution in [-0.4, -0.2) is 32.6 Å². The predicted octanol–water partition coefficient (Wildman–Crippen LogP) is 4.63. The van der Waals surface area contributed by atoms with Gasteiger partial charge in [0.25, 0.3) is 0 Å². The molecule has 2 aliphatic rings. The molecule has 0 radical (unpaired) electrons. The number of esters is 1. The normalized spacial score (nSPS) is 20.2. The first-order valence-corrected chi connectivity index (χ1v) is 11.2. The van der Waals surface area contributed by atoms with Crippen LogP contribution in [0.1, 0.15) is 49.7 Å². The Hall–Kier alpha value is -3.54. The molecule has 2 aromatic rings. The predicted molar refractivity (Wildman–Crippen MR) is 125 cm³/mol. The van der Waals surface area contributed by atoms with Gasteiger partial charge in [-0.2, -0.15) is 0 Å². The fraction of sp³-hybridized carbons (Fsp3) is 0.333. The fourth-order valence-electron chi connectivity index (χ4n) is 4.86. The second kappa shape index (κ2) is 9.53. The summed E-state index contributed by atoms with van der Waals surface area (Å²) in [5.74, 6) is 0.257. The molecule has 0 amide bonds. The standard InChI is InChI=1S/C27H29NO5/c1-5-33-27(30)24-16(2)28-21-13-18(17-9-7-6-8-10-17)14-22(29)26(21)25(24)20-15-19(31-3)11-12-23(20)32-4/h6-12,15,18,25,28H,5,13-14H2,1-4H3. The summed E-state index contributed by atoms with van der Waals surface area (Å²) in [4.78, 5) is 26.7. The number of ketones is 1. The molecule has 2 aromatic carbocycles. The largest absolute Gasteiger partial charge is 0.497 e. The topological polar surface area (TPSA) is 73.9 Å². The molecule has 6 heteroatoms. The first-order chi connectivity index (χ1) is 16.0. The quantitative estimate of drug-likeness (QED) is 0.651. The zero-order valence-electron chi connectivity index (χ0n) is 19.4. The van der Waals surface area contributed by atoms with E-state index in [1.165, 1.54) is 0 Å². The highest BCUT2D eigenvalue weighted by atomic mass is 16.5. The summed E-state index contributed by atoms with van der Waals surface area (Å²) < 4.78 is 16.5. The zero-order valence-corrected chi connectivity index (χ0v) is 19.4. The number of carbonyl (C=O) groups excluding carboxylic acids is 2. The Labute approximate surface area is 194 Å². The minimum Gasteiger partial charge on any atom is -0.497 e. The molecule has 0 spiro atoms. The maximum Gasteiger partial charge on any atom is 0.336 e. The van der Waals surface area contributed by atoms with E-state index in [4.69, 9.17) is 14.2 Å². The van der Waals surface area contributed by atoms with E-state index in [1.54, 1.807) is 33.3 Å². The van der Waals surface area contributed by atoms with Crippen molar-refractivity contribution in [3.8, 4) is 11.5 Å². The minimum atomic E-state index is -0.602. The molecule has 172 valence electrons. The summed E-state index contributed by atoms with van der Waals surface area (Å²) in [6, 6.07) is 15.5. The van der Waals surface area contributed by atoms with Crippen molar-refractivity contribution >= 4 is 11.8 Å². The summed E-state index contributed by atoms with van der Waals surface area (Å²) in [6.07, 6.45) is 1.06. The number of nitrogens with one attached hydrogen (secondary N) is 1. The second-order valence-electron chi connectivity index (χ2n) is 8.26. The monoisotopic (exact) mass is 447 g/mol. The number of ether oxygens (including phenoxy) is 3. The van der Waals surface area contributed by atoms with Crippen molar-refractivity contribution in [2.45, 2.75) is 38.5 Å². The van der Waals surface area contributed by atoms with Gasteiger partial charge in [-0.1, -0.05) is 30.3 Å². The molecule has 0 bridgehead atoms. The molecule has 0 aromatic heterocycles. The molecule has 1 aliphatic carbocycles. The summed E-state index contributed by atoms with van der Waals surface area (Å²) in [7, 11) is 3.17. The number of allylic oxidation sites excluding steroid dienone is 3. The molecular formula is C27H29NO5. The van der Waals surface area contributed by atoms with E-state index in [2.05, 4.69) is 17.4 Å². The lowest BCUT2D eigenvalue weighted by molar-refractivity contribution is -0.138. The first kappa shape index (κ1) is 22.6. The lowest BCUT2D eigenvalue weighted by Crippen LogP contribution is -2.36. The van der Waals surface area contributed by atoms with Crippen LogP contribution in [0.5, 0.6) is 11.5 Å². The summed E-state index contributed by atoms with van der Waals surface area (Å²) in [6.45, 7) is 3.87. The maximum atomic E-state index is 13.6. The van der Waals surface area contributed by atoms with Crippen LogP contribution >= 0.6 is 0 Å². The first-order valence-electron chi connectivity index (χ1n) is 11.2. The number of dihydropyridines is 1. The van der Waals surface area contributed by atoms with E-state index in [0.29, 0.717) is 46.7 Å². The maximum absolute atomic E-state index is 13.6. The Morgan fingerprint density at radius 2 is 1.82 bits per heavy atom. The van der Waals surface area contributed by atoms with Crippen LogP contribution in [0, 0.1) is 0 Å². The number of carbonyl (C=O) groups is 2. The number of benzene rings is 2. The highest BCUT2D eigenvalue weighted by Gasteiger charge is 2.42. The van der Waals surface area contributed by atoms with Gasteiger partial charge >= 0.3 is 5.97 Å². The fourth-order valence-corrected chi connectivity index (χ4v) is 4.86. The van der Waals surface area contributed by atoms with Gasteiger partial charge < -0.3 is 19.5 Å². The van der Waals surface area contributed by atoms with E-state index in [-0.39, 0.29) is 18.3 Å². The number of rotatable bonds is 6. The SMILES string of the molecule is CCOC(=O)C1=C(C)NC2=C(C(=O)CC(c3ccccc3)C2)C1c1cc(OC)ccc1OC. The minimum absolute atomic E-state index is 0.0155. The third kappa shape index (κ3) is 4.25. The van der Waals surface area contributed by atoms with Crippen molar-refractivity contribution in [3.05, 3.63) is 82.2 Å². The number of methoxy groups -OCH3 is 2. The van der Waals surface area contributed by atoms with Crippen molar-refractivity contribution in [2.75, 3.05) is 20.8 Å². The van der Waals surface area contributed by atoms with E-state index in [0.717, 1.165) is 11.3 Å². The van der Waals surface area contributed by atoms with Crippen LogP contribution < -0.4 is 14.8 Å². The molecule has 33 heavy (non-hydrogen) atoms. The van der Waals surface area contributed by atoms with Gasteiger partial charge in [-0.25, -0.2) is 4.79 Å². The van der Waals surface area contributed by atoms with Crippen LogP contribution in [0.4, 0.5) is 0 Å². The second-order valence-corrected chi connectivity index (χ2v) is 8.26. The molecule has 1 aliphatic heterocycles. The lowest BCUT2D eigenvalue weighted by atomic mass is 9.71.